The molecule has 0 aliphatic rings. The molecule has 32 heavy (non-hydrogen) atoms. The van der Waals surface area contributed by atoms with Crippen molar-refractivity contribution in [3.63, 3.8) is 0 Å². The van der Waals surface area contributed by atoms with Gasteiger partial charge in [0.1, 0.15) is 0 Å². The van der Waals surface area contributed by atoms with Crippen LogP contribution in [0.4, 0.5) is 0 Å². The molecule has 0 atom stereocenters. The van der Waals surface area contributed by atoms with E-state index in [2.05, 4.69) is 122 Å². The third kappa shape index (κ3) is 13.7. The summed E-state index contributed by atoms with van der Waals surface area (Å²) in [5.74, 6) is 0. The van der Waals surface area contributed by atoms with Gasteiger partial charge in [0.15, 0.2) is 0 Å². The Bertz CT molecular complexity index is 396. The molecule has 0 heterocycles. The first-order chi connectivity index (χ1) is 13.1. The molecule has 0 aromatic heterocycles. The number of rotatable bonds is 10. The van der Waals surface area contributed by atoms with Gasteiger partial charge in [-0.1, -0.05) is 172 Å². The maximum atomic E-state index is 5.42. The summed E-state index contributed by atoms with van der Waals surface area (Å²) in [6.07, 6.45) is 0. The predicted molar refractivity (Wildman–Crippen MR) is 156 cm³/mol. The molecule has 0 aliphatic carbocycles. The molecule has 0 spiro atoms. The summed E-state index contributed by atoms with van der Waals surface area (Å²) in [6.45, 7) is 42.9. The minimum absolute atomic E-state index is 0. The first-order valence-corrected chi connectivity index (χ1v) is 23.8. The molecule has 0 fully saturated rings. The number of hydrogen-bond acceptors (Lipinski definition) is 0. The van der Waals surface area contributed by atoms with E-state index in [0.29, 0.717) is 0 Å². The summed E-state index contributed by atoms with van der Waals surface area (Å²) in [5, 5.41) is 0. The second-order valence-corrected chi connectivity index (χ2v) is 34.2. The molecule has 0 radical (unpaired) electrons. The second-order valence-electron chi connectivity index (χ2n) is 13.3. The maximum absolute atomic E-state index is 5.42. The molecule has 184 valence electrons. The summed E-state index contributed by atoms with van der Waals surface area (Å²) in [6, 6.07) is 0. The molecule has 0 aliphatic heterocycles. The molecule has 8 heteroatoms. The molecule has 0 bridgehead atoms. The van der Waals surface area contributed by atoms with Crippen LogP contribution in [0, 0.1) is 0 Å². The van der Waals surface area contributed by atoms with E-state index in [4.69, 9.17) is 9.30 Å². The van der Waals surface area contributed by atoms with E-state index >= 15 is 0 Å². The van der Waals surface area contributed by atoms with Crippen LogP contribution in [0.3, 0.4) is 0 Å². The van der Waals surface area contributed by atoms with Crippen LogP contribution in [0.15, 0.2) is 0 Å². The minimum atomic E-state index is -1.48. The molecule has 0 N–H and O–H groups in total. The Hall–Kier alpha value is 4.06. The van der Waals surface area contributed by atoms with Gasteiger partial charge in [0.2, 0.25) is 0 Å². The van der Waals surface area contributed by atoms with Crippen molar-refractivity contribution in [1.82, 2.24) is 0 Å². The fourth-order valence-electron chi connectivity index (χ4n) is 5.94. The molecule has 0 amide bonds. The zero-order valence-corrected chi connectivity index (χ0v) is 36.6. The summed E-state index contributed by atoms with van der Waals surface area (Å²) in [7, 11) is -5.54. The number of hydrogen-bond donors (Lipinski definition) is 0. The average Bonchev–Trinajstić information content (AvgIpc) is 2.47. The van der Waals surface area contributed by atoms with E-state index in [1.807, 2.05) is 0 Å². The maximum Gasteiger partial charge on any atom is 1.00 e. The molecule has 0 saturated carbocycles. The van der Waals surface area contributed by atoms with Crippen LogP contribution in [0.1, 0.15) is 83.1 Å². The molecule has 0 saturated heterocycles. The standard InChI is InChI=1S/2C12H30NSi2.2K/c2*1-10(2)15(11(3)4,12(5)6)13-14(7,8)9;;/h2*10-12H,1-9H3;;/q2*-1;2*+1. The van der Waals surface area contributed by atoms with Crippen molar-refractivity contribution in [3.05, 3.63) is 9.30 Å². The van der Waals surface area contributed by atoms with Crippen molar-refractivity contribution in [2.24, 2.45) is 0 Å². The molecule has 0 unspecified atom stereocenters. The quantitative estimate of drug-likeness (QED) is 0.342. The van der Waals surface area contributed by atoms with Gasteiger partial charge in [-0.25, -0.2) is 0 Å². The second kappa shape index (κ2) is 17.6. The average molecular weight is 567 g/mol. The van der Waals surface area contributed by atoms with Crippen molar-refractivity contribution >= 4 is 32.9 Å². The topological polar surface area (TPSA) is 28.2 Å². The largest absolute Gasteiger partial charge is 1.00 e. The first-order valence-electron chi connectivity index (χ1n) is 12.6. The van der Waals surface area contributed by atoms with E-state index < -0.39 is 32.9 Å². The molecule has 0 aromatic rings. The van der Waals surface area contributed by atoms with E-state index in [0.717, 1.165) is 33.2 Å². The Labute approximate surface area is 295 Å². The van der Waals surface area contributed by atoms with Crippen LogP contribution in [-0.2, 0) is 0 Å². The Kier molecular flexibility index (Phi) is 23.7. The van der Waals surface area contributed by atoms with Gasteiger partial charge >= 0.3 is 103 Å². The Morgan fingerprint density at radius 2 is 0.469 bits per heavy atom. The SMILES string of the molecule is CC(C)[Si]([N-][Si](C)(C)C)(C(C)C)C(C)C.CC(C)[Si]([N-][Si](C)(C)C)(C(C)C)C(C)C.[K+].[K+]. The molecule has 0 rings (SSSR count). The van der Waals surface area contributed by atoms with Gasteiger partial charge in [-0.15, -0.1) is 0 Å². The third-order valence-electron chi connectivity index (χ3n) is 6.61. The van der Waals surface area contributed by atoms with Crippen molar-refractivity contribution in [2.75, 3.05) is 0 Å². The predicted octanol–water partition coefficient (Wildman–Crippen LogP) is 4.75. The van der Waals surface area contributed by atoms with E-state index in [1.165, 1.54) is 0 Å². The van der Waals surface area contributed by atoms with Crippen molar-refractivity contribution in [1.29, 1.82) is 0 Å². The van der Waals surface area contributed by atoms with E-state index in [1.54, 1.807) is 0 Å². The molecule has 2 nitrogen and oxygen atoms in total. The normalized spacial score (nSPS) is 13.5. The van der Waals surface area contributed by atoms with Gasteiger partial charge in [-0.2, -0.15) is 0 Å². The molecule has 0 aromatic carbocycles. The Morgan fingerprint density at radius 3 is 0.500 bits per heavy atom. The summed E-state index contributed by atoms with van der Waals surface area (Å²) in [5.41, 5.74) is 4.61. The first kappa shape index (κ1) is 43.1. The van der Waals surface area contributed by atoms with Crippen molar-refractivity contribution in [3.8, 4) is 0 Å². The van der Waals surface area contributed by atoms with Gasteiger partial charge < -0.3 is 9.30 Å². The van der Waals surface area contributed by atoms with Crippen LogP contribution >= 0.6 is 0 Å². The van der Waals surface area contributed by atoms with Crippen molar-refractivity contribution in [2.45, 2.75) is 156 Å². The van der Waals surface area contributed by atoms with Crippen LogP contribution < -0.4 is 103 Å². The zero-order valence-electron chi connectivity index (χ0n) is 26.4. The Balaban J connectivity index is -0.000000231. The van der Waals surface area contributed by atoms with Gasteiger partial charge in [0.25, 0.3) is 0 Å². The third-order valence-corrected chi connectivity index (χ3v) is 26.2. The summed E-state index contributed by atoms with van der Waals surface area (Å²) < 4.78 is 10.8. The van der Waals surface area contributed by atoms with Crippen LogP contribution in [-0.4, -0.2) is 32.9 Å². The molecular weight excluding hydrogens is 507 g/mol. The smallest absolute Gasteiger partial charge is 0.666 e. The monoisotopic (exact) mass is 566 g/mol. The van der Waals surface area contributed by atoms with Gasteiger partial charge in [-0.05, 0) is 16.5 Å². The summed E-state index contributed by atoms with van der Waals surface area (Å²) >= 11 is 0. The minimum Gasteiger partial charge on any atom is -0.666 e. The van der Waals surface area contributed by atoms with E-state index in [9.17, 15) is 0 Å². The van der Waals surface area contributed by atoms with Crippen molar-refractivity contribution < 1.29 is 103 Å². The number of nitrogens with zero attached hydrogens (tertiary/aromatic N) is 2. The Morgan fingerprint density at radius 1 is 0.344 bits per heavy atom. The van der Waals surface area contributed by atoms with Gasteiger partial charge in [0, 0.05) is 0 Å². The zero-order chi connectivity index (χ0) is 24.9. The van der Waals surface area contributed by atoms with Crippen LogP contribution in [0.25, 0.3) is 9.30 Å². The van der Waals surface area contributed by atoms with Gasteiger partial charge in [-0.3, -0.25) is 0 Å². The van der Waals surface area contributed by atoms with Crippen LogP contribution in [0.2, 0.25) is 72.5 Å². The fraction of sp³-hybridized carbons (Fsp3) is 1.00. The van der Waals surface area contributed by atoms with E-state index in [-0.39, 0.29) is 103 Å². The summed E-state index contributed by atoms with van der Waals surface area (Å²) in [4.78, 5) is 0. The van der Waals surface area contributed by atoms with Gasteiger partial charge in [0.05, 0.1) is 0 Å². The fourth-order valence-corrected chi connectivity index (χ4v) is 29.4. The van der Waals surface area contributed by atoms with Crippen LogP contribution in [0.5, 0.6) is 0 Å². The molecular formula is C24H60K2N2Si4.